The molecular formula is C25H19ClN4O3S. The van der Waals surface area contributed by atoms with E-state index in [1.807, 2.05) is 36.4 Å². The van der Waals surface area contributed by atoms with E-state index in [1.54, 1.807) is 43.5 Å². The lowest BCUT2D eigenvalue weighted by Gasteiger charge is -2.33. The summed E-state index contributed by atoms with van der Waals surface area (Å²) in [6, 6.07) is 21.5. The first-order valence-corrected chi connectivity index (χ1v) is 11.8. The summed E-state index contributed by atoms with van der Waals surface area (Å²) in [7, 11) is 1.57. The van der Waals surface area contributed by atoms with Gasteiger partial charge in [-0.2, -0.15) is 0 Å². The maximum Gasteiger partial charge on any atom is 0.276 e. The molecule has 1 atom stereocenters. The monoisotopic (exact) mass is 490 g/mol. The van der Waals surface area contributed by atoms with Gasteiger partial charge in [0.2, 0.25) is 11.9 Å². The number of carbonyl (C=O) groups excluding carboxylic acids is 2. The highest BCUT2D eigenvalue weighted by molar-refractivity contribution is 8.13. The Morgan fingerprint density at radius 3 is 2.56 bits per heavy atom. The molecule has 0 saturated carbocycles. The van der Waals surface area contributed by atoms with Crippen LogP contribution >= 0.6 is 23.4 Å². The molecule has 0 fully saturated rings. The Labute approximate surface area is 204 Å². The number of halogens is 1. The van der Waals surface area contributed by atoms with E-state index in [2.05, 4.69) is 15.4 Å². The molecule has 0 unspecified atom stereocenters. The highest BCUT2D eigenvalue weighted by atomic mass is 35.5. The summed E-state index contributed by atoms with van der Waals surface area (Å²) in [6.45, 7) is 0. The molecule has 1 amide bonds. The molecule has 170 valence electrons. The maximum atomic E-state index is 13.5. The van der Waals surface area contributed by atoms with Crippen LogP contribution in [0.5, 0.6) is 5.75 Å². The van der Waals surface area contributed by atoms with E-state index in [0.29, 0.717) is 43.5 Å². The zero-order chi connectivity index (χ0) is 23.7. The number of para-hydroxylation sites is 1. The molecule has 2 aliphatic heterocycles. The molecule has 0 spiro atoms. The Bertz CT molecular complexity index is 1420. The van der Waals surface area contributed by atoms with Gasteiger partial charge in [-0.05, 0) is 48.0 Å². The van der Waals surface area contributed by atoms with Crippen LogP contribution in [0, 0.1) is 0 Å². The Hall–Kier alpha value is -3.62. The number of benzene rings is 3. The van der Waals surface area contributed by atoms with Crippen molar-refractivity contribution < 1.29 is 14.3 Å². The molecule has 3 aromatic carbocycles. The predicted octanol–water partition coefficient (Wildman–Crippen LogP) is 2.94. The second kappa shape index (κ2) is 9.32. The SMILES string of the molecule is COc1ccc(C(=O)[C@H]2N=c3ccccc3=C3C(=O)NC(SCc4ccc(Cl)cc4)=NN32)cc1. The summed E-state index contributed by atoms with van der Waals surface area (Å²) in [5, 5.41) is 11.2. The Morgan fingerprint density at radius 1 is 1.09 bits per heavy atom. The maximum absolute atomic E-state index is 13.5. The highest BCUT2D eigenvalue weighted by Gasteiger charge is 2.37. The number of ketones is 1. The van der Waals surface area contributed by atoms with Crippen LogP contribution in [-0.2, 0) is 10.5 Å². The first-order chi connectivity index (χ1) is 16.5. The van der Waals surface area contributed by atoms with Crippen molar-refractivity contribution in [2.75, 3.05) is 7.11 Å². The van der Waals surface area contributed by atoms with Crippen molar-refractivity contribution in [3.8, 4) is 5.75 Å². The number of hydrogen-bond donors (Lipinski definition) is 1. The average molecular weight is 491 g/mol. The summed E-state index contributed by atoms with van der Waals surface area (Å²) in [6.07, 6.45) is -1.00. The number of amidine groups is 1. The van der Waals surface area contributed by atoms with Crippen molar-refractivity contribution in [1.29, 1.82) is 0 Å². The van der Waals surface area contributed by atoms with Crippen LogP contribution in [0.25, 0.3) is 5.70 Å². The van der Waals surface area contributed by atoms with Crippen molar-refractivity contribution >= 4 is 45.9 Å². The fourth-order valence-electron chi connectivity index (χ4n) is 3.70. The molecule has 0 aliphatic carbocycles. The average Bonchev–Trinajstić information content (AvgIpc) is 2.87. The molecule has 3 aromatic rings. The van der Waals surface area contributed by atoms with E-state index in [0.717, 1.165) is 5.56 Å². The van der Waals surface area contributed by atoms with Gasteiger partial charge in [0.1, 0.15) is 11.4 Å². The third-order valence-corrected chi connectivity index (χ3v) is 6.60. The van der Waals surface area contributed by atoms with Gasteiger partial charge in [0, 0.05) is 21.6 Å². The number of rotatable bonds is 5. The lowest BCUT2D eigenvalue weighted by atomic mass is 10.1. The van der Waals surface area contributed by atoms with E-state index in [9.17, 15) is 9.59 Å². The molecule has 2 heterocycles. The van der Waals surface area contributed by atoms with Crippen LogP contribution in [0.2, 0.25) is 5.02 Å². The van der Waals surface area contributed by atoms with Crippen LogP contribution < -0.4 is 20.6 Å². The van der Waals surface area contributed by atoms with Crippen LogP contribution in [0.1, 0.15) is 15.9 Å². The smallest absolute Gasteiger partial charge is 0.276 e. The standard InChI is InChI=1S/C25H19ClN4O3S/c1-33-18-12-8-16(9-13-18)22(31)23-27-20-5-3-2-4-19(20)21-24(32)28-25(29-30(21)23)34-14-15-6-10-17(26)11-7-15/h2-13,23H,14H2,1H3,(H,28,29,32)/t23-/m0/s1. The Kier molecular flexibility index (Phi) is 6.08. The molecule has 0 saturated heterocycles. The van der Waals surface area contributed by atoms with E-state index >= 15 is 0 Å². The number of hydrogen-bond acceptors (Lipinski definition) is 7. The zero-order valence-corrected chi connectivity index (χ0v) is 19.6. The summed E-state index contributed by atoms with van der Waals surface area (Å²) < 4.78 is 5.19. The number of methoxy groups -OCH3 is 1. The molecule has 0 aromatic heterocycles. The number of thioether (sulfide) groups is 1. The van der Waals surface area contributed by atoms with Crippen molar-refractivity contribution in [3.05, 3.63) is 99.5 Å². The molecular weight excluding hydrogens is 472 g/mol. The number of Topliss-reactive ketones (excluding diaryl/α,β-unsaturated/α-hetero) is 1. The van der Waals surface area contributed by atoms with Gasteiger partial charge >= 0.3 is 0 Å². The fraction of sp³-hybridized carbons (Fsp3) is 0.120. The van der Waals surface area contributed by atoms with Crippen molar-refractivity contribution in [1.82, 2.24) is 10.3 Å². The number of ether oxygens (including phenoxy) is 1. The Balaban J connectivity index is 1.52. The van der Waals surface area contributed by atoms with E-state index in [-0.39, 0.29) is 11.7 Å². The van der Waals surface area contributed by atoms with Gasteiger partial charge in [-0.3, -0.25) is 14.9 Å². The van der Waals surface area contributed by atoms with Gasteiger partial charge in [-0.15, -0.1) is 5.10 Å². The quantitative estimate of drug-likeness (QED) is 0.556. The van der Waals surface area contributed by atoms with Crippen LogP contribution in [0.15, 0.2) is 82.9 Å². The van der Waals surface area contributed by atoms with Gasteiger partial charge in [0.15, 0.2) is 5.17 Å². The molecule has 5 rings (SSSR count). The number of hydrazone groups is 1. The van der Waals surface area contributed by atoms with Crippen LogP contribution in [-0.4, -0.2) is 35.1 Å². The molecule has 34 heavy (non-hydrogen) atoms. The van der Waals surface area contributed by atoms with Gasteiger partial charge in [-0.25, -0.2) is 10.0 Å². The third-order valence-electron chi connectivity index (χ3n) is 5.41. The number of nitrogens with zero attached hydrogens (tertiary/aromatic N) is 3. The van der Waals surface area contributed by atoms with Gasteiger partial charge in [-0.1, -0.05) is 53.7 Å². The minimum Gasteiger partial charge on any atom is -0.497 e. The zero-order valence-electron chi connectivity index (χ0n) is 18.1. The number of nitrogens with one attached hydrogen (secondary N) is 1. The topological polar surface area (TPSA) is 83.4 Å². The lowest BCUT2D eigenvalue weighted by Crippen LogP contribution is -2.54. The van der Waals surface area contributed by atoms with E-state index in [1.165, 1.54) is 16.8 Å². The van der Waals surface area contributed by atoms with Gasteiger partial charge in [0.25, 0.3) is 5.91 Å². The number of amides is 1. The first-order valence-electron chi connectivity index (χ1n) is 10.5. The first kappa shape index (κ1) is 22.2. The van der Waals surface area contributed by atoms with Gasteiger partial charge < -0.3 is 4.74 Å². The molecule has 0 bridgehead atoms. The molecule has 7 nitrogen and oxygen atoms in total. The van der Waals surface area contributed by atoms with Crippen molar-refractivity contribution in [2.24, 2.45) is 10.1 Å². The fourth-order valence-corrected chi connectivity index (χ4v) is 4.63. The molecule has 2 aliphatic rings. The highest BCUT2D eigenvalue weighted by Crippen LogP contribution is 2.25. The van der Waals surface area contributed by atoms with Crippen molar-refractivity contribution in [3.63, 3.8) is 0 Å². The normalized spacial score (nSPS) is 16.6. The van der Waals surface area contributed by atoms with E-state index < -0.39 is 6.17 Å². The molecule has 9 heteroatoms. The van der Waals surface area contributed by atoms with Crippen LogP contribution in [0.4, 0.5) is 0 Å². The Morgan fingerprint density at radius 2 is 1.82 bits per heavy atom. The number of carbonyl (C=O) groups is 2. The molecule has 1 N–H and O–H groups in total. The largest absolute Gasteiger partial charge is 0.497 e. The summed E-state index contributed by atoms with van der Waals surface area (Å²) in [4.78, 5) is 31.3. The minimum absolute atomic E-state index is 0.268. The number of fused-ring (bicyclic) bond motifs is 2. The molecule has 0 radical (unpaired) electrons. The van der Waals surface area contributed by atoms with E-state index in [4.69, 9.17) is 16.3 Å². The lowest BCUT2D eigenvalue weighted by molar-refractivity contribution is -0.115. The summed E-state index contributed by atoms with van der Waals surface area (Å²) >= 11 is 7.33. The van der Waals surface area contributed by atoms with Gasteiger partial charge in [0.05, 0.1) is 12.5 Å². The second-order valence-corrected chi connectivity index (χ2v) is 8.98. The van der Waals surface area contributed by atoms with Crippen LogP contribution in [0.3, 0.4) is 0 Å². The summed E-state index contributed by atoms with van der Waals surface area (Å²) in [5.41, 5.74) is 1.78. The minimum atomic E-state index is -1.00. The third kappa shape index (κ3) is 4.30. The summed E-state index contributed by atoms with van der Waals surface area (Å²) in [5.74, 6) is 0.620. The predicted molar refractivity (Wildman–Crippen MR) is 132 cm³/mol. The van der Waals surface area contributed by atoms with Crippen molar-refractivity contribution in [2.45, 2.75) is 11.9 Å². The second-order valence-electron chi connectivity index (χ2n) is 7.58.